The highest BCUT2D eigenvalue weighted by atomic mass is 35.5. The minimum Gasteiger partial charge on any atom is -0.481 e. The van der Waals surface area contributed by atoms with Gasteiger partial charge in [-0.1, -0.05) is 35.4 Å². The van der Waals surface area contributed by atoms with Gasteiger partial charge in [0.2, 0.25) is 0 Å². The van der Waals surface area contributed by atoms with Gasteiger partial charge < -0.3 is 24.4 Å². The van der Waals surface area contributed by atoms with Crippen LogP contribution in [0.25, 0.3) is 0 Å². The molecule has 0 aromatic carbocycles. The Bertz CT molecular complexity index is 800. The summed E-state index contributed by atoms with van der Waals surface area (Å²) in [6.07, 6.45) is 3.01. The highest BCUT2D eigenvalue weighted by Crippen LogP contribution is 2.31. The molecule has 2 N–H and O–H groups in total. The van der Waals surface area contributed by atoms with Crippen LogP contribution in [0.5, 0.6) is 0 Å². The van der Waals surface area contributed by atoms with Crippen molar-refractivity contribution in [3.8, 4) is 0 Å². The Balaban J connectivity index is 2.25. The van der Waals surface area contributed by atoms with E-state index in [9.17, 15) is 19.5 Å². The molecule has 0 aliphatic carbocycles. The number of esters is 2. The SMILES string of the molecule is CC(=O)O[C@H]1CC(=O)O[C@H]2C[C@H](CC/C(Cl)=C\C/C=C\1C)O[C@@H]2[C@H](O)/C=C(\C)CC(=O)O. The van der Waals surface area contributed by atoms with Gasteiger partial charge in [0, 0.05) is 18.4 Å². The molecule has 8 nitrogen and oxygen atoms in total. The highest BCUT2D eigenvalue weighted by molar-refractivity contribution is 6.29. The third-order valence-electron chi connectivity index (χ3n) is 5.37. The van der Waals surface area contributed by atoms with E-state index in [1.165, 1.54) is 13.0 Å². The van der Waals surface area contributed by atoms with Gasteiger partial charge in [-0.2, -0.15) is 0 Å². The van der Waals surface area contributed by atoms with Gasteiger partial charge in [0.25, 0.3) is 0 Å². The van der Waals surface area contributed by atoms with Crippen molar-refractivity contribution in [3.05, 3.63) is 34.4 Å². The van der Waals surface area contributed by atoms with Gasteiger partial charge in [-0.05, 0) is 38.7 Å². The van der Waals surface area contributed by atoms with E-state index in [0.29, 0.717) is 41.9 Å². The summed E-state index contributed by atoms with van der Waals surface area (Å²) in [5, 5.41) is 20.3. The molecule has 0 amide bonds. The van der Waals surface area contributed by atoms with Crippen LogP contribution in [0.1, 0.15) is 59.3 Å². The molecule has 32 heavy (non-hydrogen) atoms. The Morgan fingerprint density at radius 1 is 1.34 bits per heavy atom. The first-order valence-corrected chi connectivity index (χ1v) is 11.0. The topological polar surface area (TPSA) is 119 Å². The fraction of sp³-hybridized carbons (Fsp3) is 0.609. The van der Waals surface area contributed by atoms with Crippen LogP contribution in [0.15, 0.2) is 34.4 Å². The second kappa shape index (κ2) is 12.2. The van der Waals surface area contributed by atoms with E-state index in [-0.39, 0.29) is 18.9 Å². The van der Waals surface area contributed by atoms with Gasteiger partial charge in [0.15, 0.2) is 0 Å². The van der Waals surface area contributed by atoms with E-state index in [1.54, 1.807) is 13.8 Å². The number of aliphatic hydroxyl groups excluding tert-OH is 1. The maximum atomic E-state index is 12.7. The summed E-state index contributed by atoms with van der Waals surface area (Å²) >= 11 is 6.32. The lowest BCUT2D eigenvalue weighted by Crippen LogP contribution is -2.37. The normalized spacial score (nSPS) is 31.9. The maximum Gasteiger partial charge on any atom is 0.310 e. The van der Waals surface area contributed by atoms with Crippen LogP contribution in [-0.2, 0) is 28.6 Å². The minimum absolute atomic E-state index is 0.169. The van der Waals surface area contributed by atoms with Gasteiger partial charge in [-0.25, -0.2) is 0 Å². The number of carbonyl (C=O) groups excluding carboxylic acids is 2. The second-order valence-electron chi connectivity index (χ2n) is 8.24. The molecule has 2 heterocycles. The number of rotatable bonds is 5. The van der Waals surface area contributed by atoms with Crippen molar-refractivity contribution in [1.29, 1.82) is 0 Å². The molecule has 0 saturated carbocycles. The van der Waals surface area contributed by atoms with Crippen LogP contribution in [0, 0.1) is 0 Å². The molecule has 2 rings (SSSR count). The highest BCUT2D eigenvalue weighted by Gasteiger charge is 2.41. The van der Waals surface area contributed by atoms with E-state index in [4.69, 9.17) is 30.9 Å². The van der Waals surface area contributed by atoms with Crippen molar-refractivity contribution in [2.45, 2.75) is 89.8 Å². The smallest absolute Gasteiger partial charge is 0.310 e. The van der Waals surface area contributed by atoms with E-state index in [1.807, 2.05) is 12.2 Å². The molecular formula is C23H31ClO8. The monoisotopic (exact) mass is 470 g/mol. The summed E-state index contributed by atoms with van der Waals surface area (Å²) in [7, 11) is 0. The summed E-state index contributed by atoms with van der Waals surface area (Å²) in [4.78, 5) is 35.1. The van der Waals surface area contributed by atoms with Crippen LogP contribution < -0.4 is 0 Å². The molecule has 0 unspecified atom stereocenters. The van der Waals surface area contributed by atoms with Crippen LogP contribution in [-0.4, -0.2) is 58.6 Å². The molecule has 2 aliphatic heterocycles. The Kier molecular flexibility index (Phi) is 9.93. The standard InChI is InChI=1S/C23H31ClO8/c1-13(10-21(27)28)9-18(26)23-20-11-17(31-23)8-7-16(24)6-4-5-14(2)19(30-15(3)25)12-22(29)32-20/h5-6,9,17-20,23,26H,4,7-8,10-12H2,1-3H3,(H,27,28)/b13-9+,14-5-,16-6+/t17-,18+,19-,20-,23+/m0/s1. The number of hydrogen-bond donors (Lipinski definition) is 2. The Hall–Kier alpha value is -2.16. The summed E-state index contributed by atoms with van der Waals surface area (Å²) in [5.41, 5.74) is 1.17. The average Bonchev–Trinajstić information content (AvgIpc) is 3.06. The number of carboxylic acid groups (broad SMARTS) is 1. The van der Waals surface area contributed by atoms with Crippen molar-refractivity contribution in [2.75, 3.05) is 0 Å². The van der Waals surface area contributed by atoms with E-state index < -0.39 is 42.3 Å². The van der Waals surface area contributed by atoms with Crippen LogP contribution in [0.2, 0.25) is 0 Å². The predicted octanol–water partition coefficient (Wildman–Crippen LogP) is 3.41. The fourth-order valence-electron chi connectivity index (χ4n) is 3.81. The zero-order valence-electron chi connectivity index (χ0n) is 18.6. The molecule has 0 aromatic heterocycles. The molecule has 0 spiro atoms. The number of aliphatic carboxylic acids is 1. The summed E-state index contributed by atoms with van der Waals surface area (Å²) in [6, 6.07) is 0. The van der Waals surface area contributed by atoms with Crippen LogP contribution >= 0.6 is 11.6 Å². The van der Waals surface area contributed by atoms with E-state index in [2.05, 4.69) is 0 Å². The Morgan fingerprint density at radius 3 is 2.72 bits per heavy atom. The number of fused-ring (bicyclic) bond motifs is 2. The molecule has 1 saturated heterocycles. The molecule has 178 valence electrons. The second-order valence-corrected chi connectivity index (χ2v) is 8.72. The van der Waals surface area contributed by atoms with Gasteiger partial charge in [0.1, 0.15) is 24.4 Å². The number of aliphatic hydroxyl groups is 1. The van der Waals surface area contributed by atoms with Gasteiger partial charge >= 0.3 is 17.9 Å². The number of carbonyl (C=O) groups is 3. The maximum absolute atomic E-state index is 12.7. The number of allylic oxidation sites excluding steroid dienone is 3. The van der Waals surface area contributed by atoms with Crippen molar-refractivity contribution >= 4 is 29.5 Å². The molecule has 5 atom stereocenters. The zero-order valence-corrected chi connectivity index (χ0v) is 19.3. The summed E-state index contributed by atoms with van der Waals surface area (Å²) in [5.74, 6) is -2.10. The number of halogens is 1. The lowest BCUT2D eigenvalue weighted by atomic mass is 10.0. The first-order valence-electron chi connectivity index (χ1n) is 10.7. The van der Waals surface area contributed by atoms with E-state index in [0.717, 1.165) is 0 Å². The Labute approximate surface area is 192 Å². The quantitative estimate of drug-likeness (QED) is 0.463. The van der Waals surface area contributed by atoms with Crippen molar-refractivity contribution < 1.29 is 38.8 Å². The third kappa shape index (κ3) is 8.41. The lowest BCUT2D eigenvalue weighted by Gasteiger charge is -2.24. The first kappa shape index (κ1) is 26.1. The van der Waals surface area contributed by atoms with Crippen molar-refractivity contribution in [3.63, 3.8) is 0 Å². The molecule has 1 fully saturated rings. The van der Waals surface area contributed by atoms with Gasteiger partial charge in [-0.15, -0.1) is 0 Å². The molecule has 9 heteroatoms. The molecule has 0 radical (unpaired) electrons. The lowest BCUT2D eigenvalue weighted by molar-refractivity contribution is -0.159. The van der Waals surface area contributed by atoms with Gasteiger partial charge in [-0.3, -0.25) is 14.4 Å². The summed E-state index contributed by atoms with van der Waals surface area (Å²) in [6.45, 7) is 4.64. The van der Waals surface area contributed by atoms with Crippen LogP contribution in [0.3, 0.4) is 0 Å². The van der Waals surface area contributed by atoms with Gasteiger partial charge in [0.05, 0.1) is 18.9 Å². The number of ether oxygens (including phenoxy) is 3. The number of carboxylic acids is 1. The molecular weight excluding hydrogens is 440 g/mol. The largest absolute Gasteiger partial charge is 0.481 e. The molecule has 2 aliphatic rings. The molecule has 2 bridgehead atoms. The molecule has 0 aromatic rings. The number of hydrogen-bond acceptors (Lipinski definition) is 7. The minimum atomic E-state index is -1.15. The van der Waals surface area contributed by atoms with E-state index >= 15 is 0 Å². The zero-order chi connectivity index (χ0) is 23.8. The fourth-order valence-corrected chi connectivity index (χ4v) is 4.01. The summed E-state index contributed by atoms with van der Waals surface area (Å²) < 4.78 is 16.9. The van der Waals surface area contributed by atoms with Crippen molar-refractivity contribution in [1.82, 2.24) is 0 Å². The Morgan fingerprint density at radius 2 is 2.06 bits per heavy atom. The predicted molar refractivity (Wildman–Crippen MR) is 117 cm³/mol. The first-order chi connectivity index (χ1) is 15.0. The average molecular weight is 471 g/mol. The van der Waals surface area contributed by atoms with Crippen molar-refractivity contribution in [2.24, 2.45) is 0 Å². The van der Waals surface area contributed by atoms with Crippen LogP contribution in [0.4, 0.5) is 0 Å². The third-order valence-corrected chi connectivity index (χ3v) is 5.71.